The molecule has 2 rings (SSSR count). The van der Waals surface area contributed by atoms with Gasteiger partial charge in [0.2, 0.25) is 0 Å². The summed E-state index contributed by atoms with van der Waals surface area (Å²) in [6, 6.07) is 0. The summed E-state index contributed by atoms with van der Waals surface area (Å²) in [6.45, 7) is 26.6. The van der Waals surface area contributed by atoms with Crippen molar-refractivity contribution in [2.24, 2.45) is 10.8 Å². The lowest BCUT2D eigenvalue weighted by molar-refractivity contribution is -0.151. The lowest BCUT2D eigenvalue weighted by Gasteiger charge is -2.37. The highest BCUT2D eigenvalue weighted by atomic mass is 16.5. The van der Waals surface area contributed by atoms with Crippen LogP contribution in [-0.4, -0.2) is 24.1 Å². The first-order valence-corrected chi connectivity index (χ1v) is 31.3. The maximum absolute atomic E-state index is 12.8. The predicted octanol–water partition coefficient (Wildman–Crippen LogP) is 22.6. The molecular weight excluding hydrogens is 929 g/mol. The van der Waals surface area contributed by atoms with E-state index in [1.54, 1.807) is 0 Å². The molecule has 0 N–H and O–H groups in total. The van der Waals surface area contributed by atoms with Crippen LogP contribution >= 0.6 is 0 Å². The van der Waals surface area contributed by atoms with Crippen LogP contribution in [0.25, 0.3) is 0 Å². The van der Waals surface area contributed by atoms with Crippen LogP contribution in [0, 0.1) is 10.8 Å². The Bertz CT molecular complexity index is 1850. The molecule has 0 aliphatic heterocycles. The van der Waals surface area contributed by atoms with Crippen molar-refractivity contribution in [3.05, 3.63) is 130 Å². The normalized spacial score (nSPS) is 19.0. The molecule has 4 heteroatoms. The van der Waals surface area contributed by atoms with Crippen LogP contribution in [0.15, 0.2) is 130 Å². The van der Waals surface area contributed by atoms with Gasteiger partial charge in [0, 0.05) is 25.7 Å². The Morgan fingerprint density at radius 3 is 0.961 bits per heavy atom. The molecule has 2 aliphatic rings. The molecule has 2 atom stereocenters. The monoisotopic (exact) mass is 1040 g/mol. The van der Waals surface area contributed by atoms with Crippen molar-refractivity contribution in [1.82, 2.24) is 0 Å². The van der Waals surface area contributed by atoms with Gasteiger partial charge < -0.3 is 9.47 Å². The fraction of sp³-hybridized carbons (Fsp3) is 0.667. The minimum absolute atomic E-state index is 0.0252. The molecule has 0 aromatic rings. The van der Waals surface area contributed by atoms with Gasteiger partial charge in [0.05, 0.1) is 0 Å². The van der Waals surface area contributed by atoms with E-state index in [9.17, 15) is 9.59 Å². The van der Waals surface area contributed by atoms with E-state index in [1.807, 2.05) is 0 Å². The number of unbranched alkanes of at least 4 members (excludes halogenated alkanes) is 24. The zero-order valence-electron chi connectivity index (χ0n) is 51.5. The van der Waals surface area contributed by atoms with Crippen LogP contribution in [0.1, 0.15) is 289 Å². The van der Waals surface area contributed by atoms with Crippen LogP contribution in [0.3, 0.4) is 0 Å². The molecule has 0 radical (unpaired) electrons. The first kappa shape index (κ1) is 68.2. The van der Waals surface area contributed by atoms with Gasteiger partial charge in [0.1, 0.15) is 12.2 Å². The van der Waals surface area contributed by atoms with Crippen molar-refractivity contribution < 1.29 is 19.1 Å². The average Bonchev–Trinajstić information content (AvgIpc) is 3.34. The zero-order chi connectivity index (χ0) is 55.9. The predicted molar refractivity (Wildman–Crippen MR) is 333 cm³/mol. The van der Waals surface area contributed by atoms with Crippen molar-refractivity contribution >= 4 is 11.9 Å². The van der Waals surface area contributed by atoms with E-state index in [4.69, 9.17) is 9.47 Å². The van der Waals surface area contributed by atoms with Crippen LogP contribution in [-0.2, 0) is 19.1 Å². The molecule has 0 unspecified atom stereocenters. The summed E-state index contributed by atoms with van der Waals surface area (Å²) in [7, 11) is 0. The summed E-state index contributed by atoms with van der Waals surface area (Å²) < 4.78 is 12.1. The fourth-order valence-electron chi connectivity index (χ4n) is 11.3. The van der Waals surface area contributed by atoms with Gasteiger partial charge in [-0.25, -0.2) is 0 Å². The van der Waals surface area contributed by atoms with Crippen molar-refractivity contribution in [2.75, 3.05) is 0 Å². The highest BCUT2D eigenvalue weighted by molar-refractivity contribution is 5.70. The SMILES string of the molecule is CCCCCCCCCCCCCCCC(=O)O[C@@H]1CC(C)=C(/C=C/C(C)=C/C=C/C(C)=C/C=C/C=C(C)/C=C/C=C(C)/C=C/C2=C(C)C[C@H](OC(=O)CCCCCCCCCCCCCCC)CC2(C)C)C(C)(C)C1. The zero-order valence-corrected chi connectivity index (χ0v) is 51.5. The number of carbonyl (C=O) groups excluding carboxylic acids is 2. The summed E-state index contributed by atoms with van der Waals surface area (Å²) in [5.41, 5.74) is 9.98. The molecule has 0 bridgehead atoms. The van der Waals surface area contributed by atoms with Gasteiger partial charge in [-0.1, -0.05) is 314 Å². The minimum Gasteiger partial charge on any atom is -0.462 e. The first-order valence-electron chi connectivity index (χ1n) is 31.3. The van der Waals surface area contributed by atoms with Gasteiger partial charge in [-0.3, -0.25) is 9.59 Å². The molecule has 4 nitrogen and oxygen atoms in total. The summed E-state index contributed by atoms with van der Waals surface area (Å²) in [4.78, 5) is 25.6. The molecule has 0 amide bonds. The molecule has 0 spiro atoms. The lowest BCUT2D eigenvalue weighted by Crippen LogP contribution is -2.31. The van der Waals surface area contributed by atoms with Gasteiger partial charge in [-0.15, -0.1) is 0 Å². The molecule has 0 saturated carbocycles. The average molecular weight is 1050 g/mol. The Kier molecular flexibility index (Phi) is 36.9. The van der Waals surface area contributed by atoms with Gasteiger partial charge >= 0.3 is 11.9 Å². The molecule has 0 aromatic heterocycles. The molecule has 0 aromatic carbocycles. The number of carbonyl (C=O) groups is 2. The fourth-order valence-corrected chi connectivity index (χ4v) is 11.3. The molecule has 2 aliphatic carbocycles. The maximum atomic E-state index is 12.8. The van der Waals surface area contributed by atoms with Gasteiger partial charge in [-0.2, -0.15) is 0 Å². The second-order valence-corrected chi connectivity index (χ2v) is 24.6. The van der Waals surface area contributed by atoms with Crippen molar-refractivity contribution in [3.8, 4) is 0 Å². The highest BCUT2D eigenvalue weighted by Crippen LogP contribution is 2.43. The van der Waals surface area contributed by atoms with Crippen LogP contribution < -0.4 is 0 Å². The molecule has 76 heavy (non-hydrogen) atoms. The van der Waals surface area contributed by atoms with Gasteiger partial charge in [0.25, 0.3) is 0 Å². The van der Waals surface area contributed by atoms with E-state index in [1.165, 1.54) is 186 Å². The maximum Gasteiger partial charge on any atom is 0.306 e. The van der Waals surface area contributed by atoms with Crippen molar-refractivity contribution in [2.45, 2.75) is 301 Å². The molecule has 0 saturated heterocycles. The van der Waals surface area contributed by atoms with Gasteiger partial charge in [-0.05, 0) is 89.2 Å². The van der Waals surface area contributed by atoms with Crippen molar-refractivity contribution in [1.29, 1.82) is 0 Å². The minimum atomic E-state index is -0.0573. The smallest absolute Gasteiger partial charge is 0.306 e. The Morgan fingerprint density at radius 2 is 0.671 bits per heavy atom. The van der Waals surface area contributed by atoms with Gasteiger partial charge in [0.15, 0.2) is 0 Å². The second-order valence-electron chi connectivity index (χ2n) is 24.6. The Labute approximate surface area is 470 Å². The number of hydrogen-bond donors (Lipinski definition) is 0. The Morgan fingerprint density at radius 1 is 0.408 bits per heavy atom. The number of rotatable bonds is 40. The molecule has 0 fully saturated rings. The molecule has 0 heterocycles. The van der Waals surface area contributed by atoms with Crippen molar-refractivity contribution in [3.63, 3.8) is 0 Å². The largest absolute Gasteiger partial charge is 0.462 e. The molecule has 428 valence electrons. The quantitative estimate of drug-likeness (QED) is 0.0349. The number of allylic oxidation sites excluding steroid dienone is 20. The van der Waals surface area contributed by atoms with E-state index in [2.05, 4.69) is 168 Å². The lowest BCUT2D eigenvalue weighted by atomic mass is 9.71. The third kappa shape index (κ3) is 32.7. The third-order valence-electron chi connectivity index (χ3n) is 15.8. The summed E-state index contributed by atoms with van der Waals surface area (Å²) in [5, 5.41) is 0. The summed E-state index contributed by atoms with van der Waals surface area (Å²) in [5.74, 6) is -0.0504. The van der Waals surface area contributed by atoms with Crippen LogP contribution in [0.5, 0.6) is 0 Å². The number of hydrogen-bond acceptors (Lipinski definition) is 4. The van der Waals surface area contributed by atoms with E-state index in [-0.39, 0.29) is 35.0 Å². The Balaban J connectivity index is 1.73. The second kappa shape index (κ2) is 41.2. The van der Waals surface area contributed by atoms with Crippen LogP contribution in [0.4, 0.5) is 0 Å². The standard InChI is InChI=1S/C72H116O4/c1-13-15-17-19-21-23-25-27-29-31-33-35-37-49-69(73)75-65-55-63(7)67(71(9,10)57-65)53-51-61(5)47-41-45-59(3)43-39-40-44-60(4)46-42-48-62(6)52-54-68-64(8)56-66(58-72(68,11)12)76-70(74)50-38-36-34-32-30-28-26-24-22-20-18-16-14-2/h39-48,51-54,65-66H,13-38,49-50,55-58H2,1-12H3/b40-39+,45-41+,46-42+,53-51+,54-52+,59-43+,60-44+,61-47+,62-48+/t65-,66+. The third-order valence-corrected chi connectivity index (χ3v) is 15.8. The van der Waals surface area contributed by atoms with E-state index < -0.39 is 0 Å². The van der Waals surface area contributed by atoms with E-state index >= 15 is 0 Å². The summed E-state index contributed by atoms with van der Waals surface area (Å²) >= 11 is 0. The van der Waals surface area contributed by atoms with E-state index in [0.717, 1.165) is 51.4 Å². The molecular formula is C72H116O4. The first-order chi connectivity index (χ1) is 36.5. The van der Waals surface area contributed by atoms with E-state index in [0.29, 0.717) is 12.8 Å². The highest BCUT2D eigenvalue weighted by Gasteiger charge is 2.35. The topological polar surface area (TPSA) is 52.6 Å². The van der Waals surface area contributed by atoms with Crippen LogP contribution in [0.2, 0.25) is 0 Å². The number of ether oxygens (including phenoxy) is 2. The summed E-state index contributed by atoms with van der Waals surface area (Å²) in [6.07, 6.45) is 68.6. The Hall–Kier alpha value is -3.92. The number of esters is 2.